The van der Waals surface area contributed by atoms with Crippen molar-refractivity contribution in [3.8, 4) is 0 Å². The molecule has 0 aromatic rings. The molecule has 0 radical (unpaired) electrons. The summed E-state index contributed by atoms with van der Waals surface area (Å²) in [5.41, 5.74) is 0. The summed E-state index contributed by atoms with van der Waals surface area (Å²) in [5.74, 6) is 1.05. The number of rotatable bonds is 6. The van der Waals surface area contributed by atoms with Crippen molar-refractivity contribution in [2.75, 3.05) is 13.1 Å². The highest BCUT2D eigenvalue weighted by atomic mass is 16.2. The van der Waals surface area contributed by atoms with Gasteiger partial charge < -0.3 is 21.3 Å². The lowest BCUT2D eigenvalue weighted by Crippen LogP contribution is -2.46. The van der Waals surface area contributed by atoms with Crippen LogP contribution in [0.4, 0.5) is 9.59 Å². The van der Waals surface area contributed by atoms with Gasteiger partial charge in [0.1, 0.15) is 0 Å². The minimum Gasteiger partial charge on any atom is -0.338 e. The van der Waals surface area contributed by atoms with Crippen molar-refractivity contribution >= 4 is 12.1 Å². The van der Waals surface area contributed by atoms with Crippen molar-refractivity contribution in [2.45, 2.75) is 102 Å². The molecule has 0 aliphatic heterocycles. The molecule has 0 aromatic carbocycles. The van der Waals surface area contributed by atoms with Crippen LogP contribution in [-0.4, -0.2) is 37.2 Å². The number of nitrogens with one attached hydrogen (secondary N) is 4. The molecular formula is C22H40N4O2. The van der Waals surface area contributed by atoms with Crippen molar-refractivity contribution < 1.29 is 9.59 Å². The normalized spacial score (nSPS) is 27.0. The summed E-state index contributed by atoms with van der Waals surface area (Å²) in [6.45, 7) is 1.51. The molecule has 6 nitrogen and oxygen atoms in total. The summed E-state index contributed by atoms with van der Waals surface area (Å²) in [5, 5.41) is 12.4. The Bertz CT molecular complexity index is 445. The predicted octanol–water partition coefficient (Wildman–Crippen LogP) is 4.06. The van der Waals surface area contributed by atoms with E-state index in [-0.39, 0.29) is 12.1 Å². The van der Waals surface area contributed by atoms with Gasteiger partial charge in [-0.2, -0.15) is 0 Å². The standard InChI is InChI=1S/C22H40N4O2/c27-21(25-19-10-3-1-4-11-19)23-15-17-8-7-9-18(14-17)16-24-22(28)26-20-12-5-2-6-13-20/h17-20H,1-16H2,(H2,23,25,27)(H2,24,26,28). The molecule has 0 bridgehead atoms. The van der Waals surface area contributed by atoms with Gasteiger partial charge in [0.2, 0.25) is 0 Å². The smallest absolute Gasteiger partial charge is 0.315 e. The first-order valence-corrected chi connectivity index (χ1v) is 11.8. The zero-order valence-corrected chi connectivity index (χ0v) is 17.4. The van der Waals surface area contributed by atoms with E-state index in [0.29, 0.717) is 23.9 Å². The van der Waals surface area contributed by atoms with Gasteiger partial charge in [0.15, 0.2) is 0 Å². The second-order valence-electron chi connectivity index (χ2n) is 9.28. The molecule has 4 N–H and O–H groups in total. The number of hydrogen-bond acceptors (Lipinski definition) is 2. The van der Waals surface area contributed by atoms with Crippen LogP contribution in [0.25, 0.3) is 0 Å². The third kappa shape index (κ3) is 7.51. The highest BCUT2D eigenvalue weighted by Crippen LogP contribution is 2.28. The first-order chi connectivity index (χ1) is 13.7. The molecule has 0 heterocycles. The van der Waals surface area contributed by atoms with Gasteiger partial charge in [0, 0.05) is 25.2 Å². The highest BCUT2D eigenvalue weighted by molar-refractivity contribution is 5.74. The van der Waals surface area contributed by atoms with Gasteiger partial charge in [-0.3, -0.25) is 0 Å². The quantitative estimate of drug-likeness (QED) is 0.550. The van der Waals surface area contributed by atoms with Gasteiger partial charge in [0.25, 0.3) is 0 Å². The fourth-order valence-electron chi connectivity index (χ4n) is 5.21. The first-order valence-electron chi connectivity index (χ1n) is 11.8. The van der Waals surface area contributed by atoms with Crippen molar-refractivity contribution in [3.05, 3.63) is 0 Å². The molecule has 0 spiro atoms. The van der Waals surface area contributed by atoms with Gasteiger partial charge in [-0.1, -0.05) is 44.9 Å². The second-order valence-corrected chi connectivity index (χ2v) is 9.28. The zero-order valence-electron chi connectivity index (χ0n) is 17.4. The lowest BCUT2D eigenvalue weighted by molar-refractivity contribution is 0.215. The molecule has 0 saturated heterocycles. The van der Waals surface area contributed by atoms with Crippen molar-refractivity contribution in [1.82, 2.24) is 21.3 Å². The Kier molecular flexibility index (Phi) is 8.74. The highest BCUT2D eigenvalue weighted by Gasteiger charge is 2.24. The summed E-state index contributed by atoms with van der Waals surface area (Å²) in [6.07, 6.45) is 16.6. The van der Waals surface area contributed by atoms with Gasteiger partial charge in [-0.15, -0.1) is 0 Å². The van der Waals surface area contributed by atoms with Crippen LogP contribution in [0.1, 0.15) is 89.9 Å². The molecule has 3 fully saturated rings. The van der Waals surface area contributed by atoms with Gasteiger partial charge in [-0.05, 0) is 56.8 Å². The van der Waals surface area contributed by atoms with Crippen LogP contribution < -0.4 is 21.3 Å². The molecule has 3 rings (SSSR count). The lowest BCUT2D eigenvalue weighted by Gasteiger charge is -2.30. The van der Waals surface area contributed by atoms with Crippen LogP contribution in [0.3, 0.4) is 0 Å². The molecule has 6 heteroatoms. The fraction of sp³-hybridized carbons (Fsp3) is 0.909. The molecule has 3 aliphatic carbocycles. The van der Waals surface area contributed by atoms with E-state index < -0.39 is 0 Å². The third-order valence-corrected chi connectivity index (χ3v) is 6.87. The van der Waals surface area contributed by atoms with E-state index in [1.165, 1.54) is 57.8 Å². The van der Waals surface area contributed by atoms with Crippen molar-refractivity contribution in [1.29, 1.82) is 0 Å². The number of carbonyl (C=O) groups is 2. The van der Waals surface area contributed by atoms with E-state index in [1.807, 2.05) is 0 Å². The van der Waals surface area contributed by atoms with Gasteiger partial charge in [-0.25, -0.2) is 9.59 Å². The zero-order chi connectivity index (χ0) is 19.6. The lowest BCUT2D eigenvalue weighted by atomic mass is 9.81. The summed E-state index contributed by atoms with van der Waals surface area (Å²) in [4.78, 5) is 24.3. The fourth-order valence-corrected chi connectivity index (χ4v) is 5.21. The van der Waals surface area contributed by atoms with Crippen LogP contribution in [0.2, 0.25) is 0 Å². The molecular weight excluding hydrogens is 352 g/mol. The Labute approximate surface area is 170 Å². The maximum Gasteiger partial charge on any atom is 0.315 e. The van der Waals surface area contributed by atoms with E-state index in [2.05, 4.69) is 21.3 Å². The average Bonchev–Trinajstić information content (AvgIpc) is 2.73. The summed E-state index contributed by atoms with van der Waals surface area (Å²) in [7, 11) is 0. The number of amides is 4. The van der Waals surface area contributed by atoms with Gasteiger partial charge in [0.05, 0.1) is 0 Å². The van der Waals surface area contributed by atoms with E-state index in [0.717, 1.165) is 45.2 Å². The van der Waals surface area contributed by atoms with Crippen LogP contribution in [0.5, 0.6) is 0 Å². The van der Waals surface area contributed by atoms with Crippen LogP contribution in [0.15, 0.2) is 0 Å². The minimum atomic E-state index is -0.000918. The summed E-state index contributed by atoms with van der Waals surface area (Å²) >= 11 is 0. The molecule has 160 valence electrons. The van der Waals surface area contributed by atoms with Crippen LogP contribution in [0, 0.1) is 11.8 Å². The van der Waals surface area contributed by atoms with E-state index in [9.17, 15) is 9.59 Å². The molecule has 2 unspecified atom stereocenters. The molecule has 4 amide bonds. The van der Waals surface area contributed by atoms with Crippen LogP contribution in [-0.2, 0) is 0 Å². The maximum atomic E-state index is 12.2. The third-order valence-electron chi connectivity index (χ3n) is 6.87. The second kappa shape index (κ2) is 11.5. The molecule has 2 atom stereocenters. The predicted molar refractivity (Wildman–Crippen MR) is 112 cm³/mol. The SMILES string of the molecule is O=C(NCC1CCCC(CNC(=O)NC2CCCCC2)C1)NC1CCCCC1. The Hall–Kier alpha value is -1.46. The van der Waals surface area contributed by atoms with E-state index in [4.69, 9.17) is 0 Å². The number of hydrogen-bond donors (Lipinski definition) is 4. The van der Waals surface area contributed by atoms with Crippen molar-refractivity contribution in [2.24, 2.45) is 11.8 Å². The Balaban J connectivity index is 1.28. The average molecular weight is 393 g/mol. The van der Waals surface area contributed by atoms with E-state index >= 15 is 0 Å². The maximum absolute atomic E-state index is 12.2. The monoisotopic (exact) mass is 392 g/mol. The van der Waals surface area contributed by atoms with Gasteiger partial charge >= 0.3 is 12.1 Å². The minimum absolute atomic E-state index is 0.000918. The Morgan fingerprint density at radius 3 is 1.43 bits per heavy atom. The molecule has 0 aromatic heterocycles. The molecule has 3 saturated carbocycles. The Morgan fingerprint density at radius 1 is 0.571 bits per heavy atom. The molecule has 3 aliphatic rings. The number of carbonyl (C=O) groups excluding carboxylic acids is 2. The van der Waals surface area contributed by atoms with Crippen molar-refractivity contribution in [3.63, 3.8) is 0 Å². The summed E-state index contributed by atoms with van der Waals surface area (Å²) < 4.78 is 0. The van der Waals surface area contributed by atoms with Crippen LogP contribution >= 0.6 is 0 Å². The largest absolute Gasteiger partial charge is 0.338 e. The molecule has 28 heavy (non-hydrogen) atoms. The number of urea groups is 2. The first kappa shape index (κ1) is 21.3. The Morgan fingerprint density at radius 2 is 1.00 bits per heavy atom. The summed E-state index contributed by atoms with van der Waals surface area (Å²) in [6, 6.07) is 0.720. The van der Waals surface area contributed by atoms with E-state index in [1.54, 1.807) is 0 Å². The topological polar surface area (TPSA) is 82.3 Å².